The van der Waals surface area contributed by atoms with Crippen molar-refractivity contribution in [3.63, 3.8) is 0 Å². The van der Waals surface area contributed by atoms with Gasteiger partial charge in [0.15, 0.2) is 0 Å². The lowest BCUT2D eigenvalue weighted by Gasteiger charge is -2.25. The van der Waals surface area contributed by atoms with Gasteiger partial charge in [0.25, 0.3) is 0 Å². The number of anilines is 1. The minimum atomic E-state index is -0.922. The Labute approximate surface area is 117 Å². The highest BCUT2D eigenvalue weighted by Gasteiger charge is 2.24. The molecule has 5 nitrogen and oxygen atoms in total. The molecule has 0 fully saturated rings. The van der Waals surface area contributed by atoms with Crippen molar-refractivity contribution in [2.24, 2.45) is 0 Å². The molecule has 1 unspecified atom stereocenters. The standard InChI is InChI=1S/C15H15N3O2/c1-3-13(15(19)20)18(2)14-11(9-16)8-10-6-4-5-7-12(10)17-14/h4-8,13H,3H2,1-2H3,(H,19,20). The Morgan fingerprint density at radius 1 is 1.50 bits per heavy atom. The highest BCUT2D eigenvalue weighted by molar-refractivity contribution is 5.84. The number of likely N-dealkylation sites (N-methyl/N-ethyl adjacent to an activating group) is 1. The minimum absolute atomic E-state index is 0.380. The summed E-state index contributed by atoms with van der Waals surface area (Å²) in [5, 5.41) is 19.4. The van der Waals surface area contributed by atoms with Crippen LogP contribution >= 0.6 is 0 Å². The third kappa shape index (κ3) is 2.41. The monoisotopic (exact) mass is 269 g/mol. The van der Waals surface area contributed by atoms with E-state index >= 15 is 0 Å². The second-order valence-electron chi connectivity index (χ2n) is 4.54. The molecule has 0 aliphatic carbocycles. The van der Waals surface area contributed by atoms with E-state index in [0.717, 1.165) is 10.9 Å². The van der Waals surface area contributed by atoms with E-state index in [4.69, 9.17) is 0 Å². The predicted molar refractivity (Wildman–Crippen MR) is 76.6 cm³/mol. The SMILES string of the molecule is CCC(C(=O)O)N(C)c1nc2ccccc2cc1C#N. The van der Waals surface area contributed by atoms with Gasteiger partial charge in [-0.3, -0.25) is 0 Å². The Balaban J connectivity index is 2.58. The van der Waals surface area contributed by atoms with Crippen LogP contribution in [0.15, 0.2) is 30.3 Å². The molecule has 0 aliphatic heterocycles. The molecule has 2 aromatic rings. The number of fused-ring (bicyclic) bond motifs is 1. The first-order valence-corrected chi connectivity index (χ1v) is 6.34. The van der Waals surface area contributed by atoms with Gasteiger partial charge in [0.2, 0.25) is 0 Å². The van der Waals surface area contributed by atoms with Crippen molar-refractivity contribution in [1.29, 1.82) is 5.26 Å². The average molecular weight is 269 g/mol. The van der Waals surface area contributed by atoms with Gasteiger partial charge in [-0.1, -0.05) is 25.1 Å². The fraction of sp³-hybridized carbons (Fsp3) is 0.267. The smallest absolute Gasteiger partial charge is 0.326 e. The molecule has 20 heavy (non-hydrogen) atoms. The number of benzene rings is 1. The number of nitriles is 1. The highest BCUT2D eigenvalue weighted by Crippen LogP contribution is 2.24. The number of para-hydroxylation sites is 1. The van der Waals surface area contributed by atoms with Gasteiger partial charge in [0.05, 0.1) is 11.1 Å². The molecular weight excluding hydrogens is 254 g/mol. The Kier molecular flexibility index (Phi) is 3.85. The number of carboxylic acid groups (broad SMARTS) is 1. The molecule has 1 aromatic heterocycles. The molecule has 2 rings (SSSR count). The van der Waals surface area contributed by atoms with Crippen molar-refractivity contribution >= 4 is 22.7 Å². The third-order valence-electron chi connectivity index (χ3n) is 3.30. The van der Waals surface area contributed by atoms with Crippen LogP contribution in [0.5, 0.6) is 0 Å². The topological polar surface area (TPSA) is 77.2 Å². The maximum Gasteiger partial charge on any atom is 0.326 e. The number of carbonyl (C=O) groups is 1. The van der Waals surface area contributed by atoms with Gasteiger partial charge in [-0.15, -0.1) is 0 Å². The maximum absolute atomic E-state index is 11.3. The first-order valence-electron chi connectivity index (χ1n) is 6.34. The van der Waals surface area contributed by atoms with Crippen molar-refractivity contribution in [3.05, 3.63) is 35.9 Å². The summed E-state index contributed by atoms with van der Waals surface area (Å²) in [6, 6.07) is 10.6. The average Bonchev–Trinajstić information content (AvgIpc) is 2.46. The van der Waals surface area contributed by atoms with Gasteiger partial charge in [-0.2, -0.15) is 5.26 Å². The summed E-state index contributed by atoms with van der Waals surface area (Å²) >= 11 is 0. The summed E-state index contributed by atoms with van der Waals surface area (Å²) in [5.41, 5.74) is 1.12. The van der Waals surface area contributed by atoms with E-state index in [2.05, 4.69) is 11.1 Å². The van der Waals surface area contributed by atoms with Gasteiger partial charge < -0.3 is 10.0 Å². The Hall–Kier alpha value is -2.61. The molecule has 0 amide bonds. The maximum atomic E-state index is 11.3. The molecule has 0 radical (unpaired) electrons. The Morgan fingerprint density at radius 3 is 2.80 bits per heavy atom. The van der Waals surface area contributed by atoms with Crippen LogP contribution in [0, 0.1) is 11.3 Å². The quantitative estimate of drug-likeness (QED) is 0.922. The zero-order valence-corrected chi connectivity index (χ0v) is 11.4. The summed E-state index contributed by atoms with van der Waals surface area (Å²) in [4.78, 5) is 17.2. The number of aliphatic carboxylic acids is 1. The van der Waals surface area contributed by atoms with Crippen molar-refractivity contribution < 1.29 is 9.90 Å². The molecule has 1 N–H and O–H groups in total. The molecule has 1 heterocycles. The number of rotatable bonds is 4. The molecule has 0 saturated carbocycles. The van der Waals surface area contributed by atoms with E-state index < -0.39 is 12.0 Å². The van der Waals surface area contributed by atoms with E-state index in [1.807, 2.05) is 24.3 Å². The summed E-state index contributed by atoms with van der Waals surface area (Å²) in [6.07, 6.45) is 0.436. The lowest BCUT2D eigenvalue weighted by Crippen LogP contribution is -2.38. The van der Waals surface area contributed by atoms with Crippen LogP contribution in [0.4, 0.5) is 5.82 Å². The zero-order chi connectivity index (χ0) is 14.7. The molecular formula is C15H15N3O2. The molecule has 1 aromatic carbocycles. The minimum Gasteiger partial charge on any atom is -0.480 e. The first kappa shape index (κ1) is 13.8. The molecule has 102 valence electrons. The highest BCUT2D eigenvalue weighted by atomic mass is 16.4. The van der Waals surface area contributed by atoms with E-state index in [1.54, 1.807) is 24.9 Å². The lowest BCUT2D eigenvalue weighted by molar-refractivity contribution is -0.138. The lowest BCUT2D eigenvalue weighted by atomic mass is 10.1. The van der Waals surface area contributed by atoms with Crippen LogP contribution in [-0.4, -0.2) is 29.1 Å². The molecule has 0 spiro atoms. The van der Waals surface area contributed by atoms with Crippen molar-refractivity contribution in [3.8, 4) is 6.07 Å². The summed E-state index contributed by atoms with van der Waals surface area (Å²) in [5.74, 6) is -0.519. The van der Waals surface area contributed by atoms with Crippen LogP contribution in [0.1, 0.15) is 18.9 Å². The van der Waals surface area contributed by atoms with Crippen molar-refractivity contribution in [2.75, 3.05) is 11.9 Å². The van der Waals surface area contributed by atoms with Crippen molar-refractivity contribution in [1.82, 2.24) is 4.98 Å². The summed E-state index contributed by atoms with van der Waals surface area (Å²) in [6.45, 7) is 1.79. The van der Waals surface area contributed by atoms with Crippen LogP contribution in [0.3, 0.4) is 0 Å². The summed E-state index contributed by atoms with van der Waals surface area (Å²) in [7, 11) is 1.65. The molecule has 1 atom stereocenters. The number of aromatic nitrogens is 1. The van der Waals surface area contributed by atoms with E-state index in [0.29, 0.717) is 17.8 Å². The first-order chi connectivity index (χ1) is 9.58. The second-order valence-corrected chi connectivity index (χ2v) is 4.54. The van der Waals surface area contributed by atoms with Gasteiger partial charge in [-0.25, -0.2) is 9.78 Å². The normalized spacial score (nSPS) is 11.8. The largest absolute Gasteiger partial charge is 0.480 e. The Bertz CT molecular complexity index is 691. The second kappa shape index (κ2) is 5.57. The predicted octanol–water partition coefficient (Wildman–Crippen LogP) is 2.41. The van der Waals surface area contributed by atoms with Gasteiger partial charge in [0, 0.05) is 12.4 Å². The number of hydrogen-bond acceptors (Lipinski definition) is 4. The fourth-order valence-electron chi connectivity index (χ4n) is 2.22. The van der Waals surface area contributed by atoms with Crippen molar-refractivity contribution in [2.45, 2.75) is 19.4 Å². The van der Waals surface area contributed by atoms with Crippen LogP contribution in [-0.2, 0) is 4.79 Å². The van der Waals surface area contributed by atoms with Crippen LogP contribution < -0.4 is 4.90 Å². The summed E-state index contributed by atoms with van der Waals surface area (Å²) < 4.78 is 0. The molecule has 0 saturated heterocycles. The van der Waals surface area contributed by atoms with Gasteiger partial charge >= 0.3 is 5.97 Å². The number of nitrogens with zero attached hydrogens (tertiary/aromatic N) is 3. The molecule has 0 aliphatic rings. The zero-order valence-electron chi connectivity index (χ0n) is 11.4. The number of pyridine rings is 1. The Morgan fingerprint density at radius 2 is 2.20 bits per heavy atom. The third-order valence-corrected chi connectivity index (χ3v) is 3.30. The number of hydrogen-bond donors (Lipinski definition) is 1. The fourth-order valence-corrected chi connectivity index (χ4v) is 2.22. The molecule has 5 heteroatoms. The van der Waals surface area contributed by atoms with E-state index in [9.17, 15) is 15.2 Å². The van der Waals surface area contributed by atoms with E-state index in [1.165, 1.54) is 0 Å². The molecule has 0 bridgehead atoms. The van der Waals surface area contributed by atoms with Gasteiger partial charge in [0.1, 0.15) is 17.9 Å². The van der Waals surface area contributed by atoms with Crippen LogP contribution in [0.2, 0.25) is 0 Å². The van der Waals surface area contributed by atoms with Crippen LogP contribution in [0.25, 0.3) is 10.9 Å². The van der Waals surface area contributed by atoms with E-state index in [-0.39, 0.29) is 0 Å². The number of carboxylic acids is 1. The van der Waals surface area contributed by atoms with Gasteiger partial charge in [-0.05, 0) is 18.6 Å².